The normalized spacial score (nSPS) is 17.6. The second-order valence-corrected chi connectivity index (χ2v) is 8.21. The number of rotatable bonds is 5. The van der Waals surface area contributed by atoms with E-state index in [2.05, 4.69) is 4.72 Å². The van der Waals surface area contributed by atoms with Crippen LogP contribution in [-0.4, -0.2) is 45.0 Å². The highest BCUT2D eigenvalue weighted by Gasteiger charge is 2.24. The van der Waals surface area contributed by atoms with Gasteiger partial charge in [-0.15, -0.1) is 0 Å². The van der Waals surface area contributed by atoms with Crippen LogP contribution in [0.3, 0.4) is 0 Å². The van der Waals surface area contributed by atoms with Crippen molar-refractivity contribution in [3.05, 3.63) is 65.5 Å². The molecule has 0 aliphatic carbocycles. The van der Waals surface area contributed by atoms with Crippen molar-refractivity contribution in [1.29, 1.82) is 0 Å². The summed E-state index contributed by atoms with van der Waals surface area (Å²) in [5.41, 5.74) is 1.34. The van der Waals surface area contributed by atoms with Gasteiger partial charge in [-0.25, -0.2) is 12.8 Å². The Balaban J connectivity index is 1.66. The summed E-state index contributed by atoms with van der Waals surface area (Å²) in [6, 6.07) is 11.6. The first-order chi connectivity index (χ1) is 12.8. The zero-order chi connectivity index (χ0) is 19.4. The lowest BCUT2D eigenvalue weighted by Crippen LogP contribution is -2.47. The van der Waals surface area contributed by atoms with Crippen LogP contribution in [0.4, 0.5) is 10.1 Å². The van der Waals surface area contributed by atoms with E-state index >= 15 is 0 Å². The standard InChI is InChI=1S/C19H21FN2O4S/c1-14-12-26-11-10-22(14)19(23)16-4-8-18(9-5-16)21-27(24,25)13-15-2-6-17(20)7-3-15/h2-9,14,21H,10-13H2,1H3. The molecule has 0 spiro atoms. The van der Waals surface area contributed by atoms with E-state index in [1.807, 2.05) is 6.92 Å². The maximum Gasteiger partial charge on any atom is 0.254 e. The summed E-state index contributed by atoms with van der Waals surface area (Å²) in [4.78, 5) is 14.3. The fraction of sp³-hybridized carbons (Fsp3) is 0.316. The van der Waals surface area contributed by atoms with Crippen LogP contribution in [-0.2, 0) is 20.5 Å². The summed E-state index contributed by atoms with van der Waals surface area (Å²) >= 11 is 0. The van der Waals surface area contributed by atoms with Gasteiger partial charge in [0.1, 0.15) is 5.82 Å². The van der Waals surface area contributed by atoms with Crippen molar-refractivity contribution in [2.24, 2.45) is 0 Å². The molecular formula is C19H21FN2O4S. The van der Waals surface area contributed by atoms with Gasteiger partial charge in [-0.3, -0.25) is 9.52 Å². The molecular weight excluding hydrogens is 371 g/mol. The minimum atomic E-state index is -3.65. The van der Waals surface area contributed by atoms with E-state index in [0.29, 0.717) is 36.6 Å². The Kier molecular flexibility index (Phi) is 5.76. The second-order valence-electron chi connectivity index (χ2n) is 6.49. The van der Waals surface area contributed by atoms with E-state index in [-0.39, 0.29) is 17.7 Å². The zero-order valence-corrected chi connectivity index (χ0v) is 15.7. The van der Waals surface area contributed by atoms with Crippen molar-refractivity contribution < 1.29 is 22.3 Å². The van der Waals surface area contributed by atoms with Gasteiger partial charge in [0, 0.05) is 17.8 Å². The maximum atomic E-state index is 12.9. The van der Waals surface area contributed by atoms with Crippen LogP contribution in [0.15, 0.2) is 48.5 Å². The molecule has 1 heterocycles. The van der Waals surface area contributed by atoms with Crippen LogP contribution in [0, 0.1) is 5.82 Å². The fourth-order valence-corrected chi connectivity index (χ4v) is 4.09. The van der Waals surface area contributed by atoms with Gasteiger partial charge in [-0.1, -0.05) is 12.1 Å². The number of sulfonamides is 1. The average molecular weight is 392 g/mol. The highest BCUT2D eigenvalue weighted by molar-refractivity contribution is 7.91. The van der Waals surface area contributed by atoms with E-state index in [4.69, 9.17) is 4.74 Å². The van der Waals surface area contributed by atoms with Gasteiger partial charge in [0.05, 0.1) is 25.0 Å². The summed E-state index contributed by atoms with van der Waals surface area (Å²) in [6.45, 7) is 3.48. The van der Waals surface area contributed by atoms with Gasteiger partial charge in [-0.2, -0.15) is 0 Å². The molecule has 0 radical (unpaired) electrons. The Morgan fingerprint density at radius 1 is 1.19 bits per heavy atom. The first kappa shape index (κ1) is 19.3. The summed E-state index contributed by atoms with van der Waals surface area (Å²) in [7, 11) is -3.65. The van der Waals surface area contributed by atoms with Gasteiger partial charge in [0.2, 0.25) is 10.0 Å². The Morgan fingerprint density at radius 3 is 2.48 bits per heavy atom. The number of nitrogens with zero attached hydrogens (tertiary/aromatic N) is 1. The molecule has 1 aliphatic rings. The monoisotopic (exact) mass is 392 g/mol. The van der Waals surface area contributed by atoms with E-state index in [0.717, 1.165) is 0 Å². The second kappa shape index (κ2) is 8.06. The molecule has 2 aromatic rings. The molecule has 1 N–H and O–H groups in total. The number of ether oxygens (including phenoxy) is 1. The highest BCUT2D eigenvalue weighted by Crippen LogP contribution is 2.17. The molecule has 1 atom stereocenters. The van der Waals surface area contributed by atoms with Gasteiger partial charge in [-0.05, 0) is 48.9 Å². The smallest absolute Gasteiger partial charge is 0.254 e. The Bertz CT molecular complexity index is 898. The van der Waals surface area contributed by atoms with Gasteiger partial charge >= 0.3 is 0 Å². The molecule has 0 bridgehead atoms. The first-order valence-corrected chi connectivity index (χ1v) is 10.2. The fourth-order valence-electron chi connectivity index (χ4n) is 2.89. The molecule has 2 aromatic carbocycles. The SMILES string of the molecule is CC1COCCN1C(=O)c1ccc(NS(=O)(=O)Cc2ccc(F)cc2)cc1. The van der Waals surface area contributed by atoms with Crippen molar-refractivity contribution in [1.82, 2.24) is 4.90 Å². The molecule has 3 rings (SSSR count). The lowest BCUT2D eigenvalue weighted by Gasteiger charge is -2.33. The van der Waals surface area contributed by atoms with Crippen LogP contribution in [0.25, 0.3) is 0 Å². The molecule has 1 fully saturated rings. The number of benzene rings is 2. The third-order valence-corrected chi connectivity index (χ3v) is 5.56. The highest BCUT2D eigenvalue weighted by atomic mass is 32.2. The van der Waals surface area contributed by atoms with Crippen LogP contribution >= 0.6 is 0 Å². The summed E-state index contributed by atoms with van der Waals surface area (Å²) in [6.07, 6.45) is 0. The first-order valence-electron chi connectivity index (χ1n) is 8.58. The quantitative estimate of drug-likeness (QED) is 0.849. The Morgan fingerprint density at radius 2 is 1.85 bits per heavy atom. The van der Waals surface area contributed by atoms with Crippen molar-refractivity contribution in [2.45, 2.75) is 18.7 Å². The maximum absolute atomic E-state index is 12.9. The topological polar surface area (TPSA) is 75.7 Å². The van der Waals surface area contributed by atoms with Crippen LogP contribution in [0.2, 0.25) is 0 Å². The van der Waals surface area contributed by atoms with Crippen LogP contribution in [0.5, 0.6) is 0 Å². The largest absolute Gasteiger partial charge is 0.377 e. The minimum absolute atomic E-state index is 0.000128. The van der Waals surface area contributed by atoms with Gasteiger partial charge in [0.25, 0.3) is 5.91 Å². The minimum Gasteiger partial charge on any atom is -0.377 e. The van der Waals surface area contributed by atoms with Gasteiger partial charge < -0.3 is 9.64 Å². The molecule has 27 heavy (non-hydrogen) atoms. The predicted molar refractivity (Wildman–Crippen MR) is 100 cm³/mol. The van der Waals surface area contributed by atoms with E-state index in [1.54, 1.807) is 29.2 Å². The number of hydrogen-bond donors (Lipinski definition) is 1. The lowest BCUT2D eigenvalue weighted by molar-refractivity contribution is 0.00359. The van der Waals surface area contributed by atoms with Crippen molar-refractivity contribution in [3.8, 4) is 0 Å². The van der Waals surface area contributed by atoms with Crippen LogP contribution < -0.4 is 4.72 Å². The number of amides is 1. The molecule has 0 aromatic heterocycles. The van der Waals surface area contributed by atoms with Crippen molar-refractivity contribution in [2.75, 3.05) is 24.5 Å². The Hall–Kier alpha value is -2.45. The summed E-state index contributed by atoms with van der Waals surface area (Å²) in [5.74, 6) is -0.787. The Labute approximate surface area is 158 Å². The number of carbonyl (C=O) groups is 1. The third-order valence-electron chi connectivity index (χ3n) is 4.30. The predicted octanol–water partition coefficient (Wildman–Crippen LogP) is 2.63. The third kappa shape index (κ3) is 5.05. The average Bonchev–Trinajstić information content (AvgIpc) is 2.63. The number of nitrogens with one attached hydrogen (secondary N) is 1. The van der Waals surface area contributed by atoms with Crippen molar-refractivity contribution in [3.63, 3.8) is 0 Å². The molecule has 1 aliphatic heterocycles. The molecule has 8 heteroatoms. The number of anilines is 1. The molecule has 1 saturated heterocycles. The summed E-state index contributed by atoms with van der Waals surface area (Å²) < 4.78 is 45.3. The number of halogens is 1. The molecule has 1 unspecified atom stereocenters. The van der Waals surface area contributed by atoms with Crippen LogP contribution in [0.1, 0.15) is 22.8 Å². The molecule has 0 saturated carbocycles. The van der Waals surface area contributed by atoms with Gasteiger partial charge in [0.15, 0.2) is 0 Å². The number of morpholine rings is 1. The van der Waals surface area contributed by atoms with Crippen molar-refractivity contribution >= 4 is 21.6 Å². The van der Waals surface area contributed by atoms with E-state index in [1.165, 1.54) is 24.3 Å². The van der Waals surface area contributed by atoms with E-state index < -0.39 is 15.8 Å². The molecule has 144 valence electrons. The number of hydrogen-bond acceptors (Lipinski definition) is 4. The summed E-state index contributed by atoms with van der Waals surface area (Å²) in [5, 5.41) is 0. The molecule has 1 amide bonds. The lowest BCUT2D eigenvalue weighted by atomic mass is 10.1. The molecule has 6 nitrogen and oxygen atoms in total. The zero-order valence-electron chi connectivity index (χ0n) is 14.9. The van der Waals surface area contributed by atoms with E-state index in [9.17, 15) is 17.6 Å². The number of carbonyl (C=O) groups excluding carboxylic acids is 1.